The van der Waals surface area contributed by atoms with Crippen molar-refractivity contribution in [3.05, 3.63) is 34.1 Å². The number of benzene rings is 1. The molecule has 4 heteroatoms. The van der Waals surface area contributed by atoms with Crippen LogP contribution < -0.4 is 0 Å². The van der Waals surface area contributed by atoms with Gasteiger partial charge in [0, 0.05) is 10.2 Å². The Hall–Kier alpha value is -0.530. The van der Waals surface area contributed by atoms with E-state index in [0.29, 0.717) is 17.9 Å². The Bertz CT molecular complexity index is 375. The van der Waals surface area contributed by atoms with Gasteiger partial charge >= 0.3 is 0 Å². The molecule has 1 aromatic rings. The molecule has 0 saturated carbocycles. The van der Waals surface area contributed by atoms with Gasteiger partial charge in [-0.2, -0.15) is 5.26 Å². The van der Waals surface area contributed by atoms with E-state index in [1.165, 1.54) is 17.8 Å². The molecule has 0 amide bonds. The molecule has 0 spiro atoms. The van der Waals surface area contributed by atoms with Crippen molar-refractivity contribution in [2.24, 2.45) is 5.92 Å². The molecule has 0 bridgehead atoms. The first-order chi connectivity index (χ1) is 7.13. The van der Waals surface area contributed by atoms with E-state index in [4.69, 9.17) is 5.26 Å². The van der Waals surface area contributed by atoms with Crippen molar-refractivity contribution in [3.63, 3.8) is 0 Å². The lowest BCUT2D eigenvalue weighted by Crippen LogP contribution is -2.04. The number of nitrogens with zero attached hydrogens (tertiary/aromatic N) is 1. The first kappa shape index (κ1) is 12.5. The normalized spacial score (nSPS) is 12.1. The van der Waals surface area contributed by atoms with Crippen LogP contribution in [-0.4, -0.2) is 5.75 Å². The fourth-order valence-electron chi connectivity index (χ4n) is 1.31. The minimum atomic E-state index is -0.174. The van der Waals surface area contributed by atoms with E-state index >= 15 is 0 Å². The zero-order valence-electron chi connectivity index (χ0n) is 8.34. The Labute approximate surface area is 102 Å². The number of thiocyanates is 1. The molecule has 0 aliphatic heterocycles. The van der Waals surface area contributed by atoms with E-state index in [1.807, 2.05) is 12.3 Å². The second-order valence-electron chi connectivity index (χ2n) is 3.45. The summed E-state index contributed by atoms with van der Waals surface area (Å²) < 4.78 is 14.2. The predicted molar refractivity (Wildman–Crippen MR) is 65.0 cm³/mol. The van der Waals surface area contributed by atoms with Crippen LogP contribution in [0, 0.1) is 22.4 Å². The van der Waals surface area contributed by atoms with Crippen LogP contribution >= 0.6 is 27.7 Å². The highest BCUT2D eigenvalue weighted by atomic mass is 79.9. The Morgan fingerprint density at radius 2 is 2.33 bits per heavy atom. The predicted octanol–water partition coefficient (Wildman–Crippen LogP) is 3.98. The van der Waals surface area contributed by atoms with E-state index in [2.05, 4.69) is 15.9 Å². The summed E-state index contributed by atoms with van der Waals surface area (Å²) in [5.74, 6) is 0.869. The van der Waals surface area contributed by atoms with E-state index in [0.717, 1.165) is 10.2 Å². The number of hydrogen-bond acceptors (Lipinski definition) is 2. The van der Waals surface area contributed by atoms with Gasteiger partial charge in [-0.05, 0) is 47.9 Å². The highest BCUT2D eigenvalue weighted by Gasteiger charge is 2.08. The third-order valence-corrected chi connectivity index (χ3v) is 3.37. The quantitative estimate of drug-likeness (QED) is 0.782. The maximum atomic E-state index is 13.4. The molecule has 80 valence electrons. The largest absolute Gasteiger partial charge is 0.207 e. The smallest absolute Gasteiger partial charge is 0.133 e. The maximum absolute atomic E-state index is 13.4. The zero-order chi connectivity index (χ0) is 11.3. The molecule has 1 unspecified atom stereocenters. The Balaban J connectivity index is 2.64. The van der Waals surface area contributed by atoms with Crippen LogP contribution in [0.5, 0.6) is 0 Å². The topological polar surface area (TPSA) is 23.8 Å². The maximum Gasteiger partial charge on any atom is 0.133 e. The van der Waals surface area contributed by atoms with Crippen LogP contribution in [0.2, 0.25) is 0 Å². The van der Waals surface area contributed by atoms with E-state index in [-0.39, 0.29) is 5.82 Å². The van der Waals surface area contributed by atoms with Gasteiger partial charge in [0.05, 0.1) is 0 Å². The fraction of sp³-hybridized carbons (Fsp3) is 0.364. The zero-order valence-corrected chi connectivity index (χ0v) is 10.7. The van der Waals surface area contributed by atoms with Crippen LogP contribution in [-0.2, 0) is 6.42 Å². The number of halogens is 2. The highest BCUT2D eigenvalue weighted by molar-refractivity contribution is 9.10. The van der Waals surface area contributed by atoms with Crippen LogP contribution in [0.3, 0.4) is 0 Å². The van der Waals surface area contributed by atoms with E-state index in [9.17, 15) is 4.39 Å². The lowest BCUT2D eigenvalue weighted by molar-refractivity contribution is 0.577. The fourth-order valence-corrected chi connectivity index (χ4v) is 2.20. The molecule has 0 saturated heterocycles. The summed E-state index contributed by atoms with van der Waals surface area (Å²) in [5.41, 5.74) is 0.704. The van der Waals surface area contributed by atoms with Gasteiger partial charge in [-0.15, -0.1) is 0 Å². The molecule has 1 nitrogen and oxygen atoms in total. The van der Waals surface area contributed by atoms with Crippen molar-refractivity contribution >= 4 is 27.7 Å². The number of nitriles is 1. The van der Waals surface area contributed by atoms with Crippen LogP contribution in [0.25, 0.3) is 0 Å². The lowest BCUT2D eigenvalue weighted by atomic mass is 10.0. The molecule has 0 N–H and O–H groups in total. The molecule has 0 aromatic heterocycles. The van der Waals surface area contributed by atoms with Crippen molar-refractivity contribution in [2.75, 3.05) is 5.75 Å². The minimum absolute atomic E-state index is 0.174. The Kier molecular flexibility index (Phi) is 5.13. The first-order valence-electron chi connectivity index (χ1n) is 4.58. The summed E-state index contributed by atoms with van der Waals surface area (Å²) in [6.07, 6.45) is 0.667. The summed E-state index contributed by atoms with van der Waals surface area (Å²) in [7, 11) is 0. The molecule has 0 radical (unpaired) electrons. The third-order valence-electron chi connectivity index (χ3n) is 2.01. The summed E-state index contributed by atoms with van der Waals surface area (Å²) in [4.78, 5) is 0. The first-order valence-corrected chi connectivity index (χ1v) is 6.36. The molecular formula is C11H11BrFNS. The molecule has 0 aliphatic rings. The Morgan fingerprint density at radius 3 is 3.00 bits per heavy atom. The lowest BCUT2D eigenvalue weighted by Gasteiger charge is -2.09. The average molecular weight is 288 g/mol. The van der Waals surface area contributed by atoms with Gasteiger partial charge in [-0.3, -0.25) is 0 Å². The van der Waals surface area contributed by atoms with Gasteiger partial charge in [0.25, 0.3) is 0 Å². The van der Waals surface area contributed by atoms with Crippen molar-refractivity contribution in [2.45, 2.75) is 13.3 Å². The number of hydrogen-bond donors (Lipinski definition) is 0. The van der Waals surface area contributed by atoms with E-state index < -0.39 is 0 Å². The monoisotopic (exact) mass is 287 g/mol. The molecule has 0 heterocycles. The molecule has 15 heavy (non-hydrogen) atoms. The van der Waals surface area contributed by atoms with Gasteiger partial charge < -0.3 is 0 Å². The molecule has 0 fully saturated rings. The van der Waals surface area contributed by atoms with Crippen molar-refractivity contribution in [3.8, 4) is 5.40 Å². The highest BCUT2D eigenvalue weighted by Crippen LogP contribution is 2.20. The van der Waals surface area contributed by atoms with Crippen molar-refractivity contribution in [1.29, 1.82) is 5.26 Å². The summed E-state index contributed by atoms with van der Waals surface area (Å²) in [6, 6.07) is 4.94. The molecule has 1 aromatic carbocycles. The summed E-state index contributed by atoms with van der Waals surface area (Å²) >= 11 is 4.53. The second kappa shape index (κ2) is 6.14. The van der Waals surface area contributed by atoms with Gasteiger partial charge in [0.2, 0.25) is 0 Å². The standard InChI is InChI=1S/C11H11BrFNS/c1-8(6-15-7-14)4-9-5-10(12)2-3-11(9)13/h2-3,5,8H,4,6H2,1H3. The number of thioether (sulfide) groups is 1. The van der Waals surface area contributed by atoms with Gasteiger partial charge in [0.1, 0.15) is 11.2 Å². The minimum Gasteiger partial charge on any atom is -0.207 e. The Morgan fingerprint density at radius 1 is 1.60 bits per heavy atom. The molecule has 0 aliphatic carbocycles. The SMILES string of the molecule is CC(CSC#N)Cc1cc(Br)ccc1F. The average Bonchev–Trinajstić information content (AvgIpc) is 2.20. The second-order valence-corrected chi connectivity index (χ2v) is 5.17. The van der Waals surface area contributed by atoms with Gasteiger partial charge in [-0.25, -0.2) is 4.39 Å². The van der Waals surface area contributed by atoms with Crippen molar-refractivity contribution in [1.82, 2.24) is 0 Å². The van der Waals surface area contributed by atoms with Crippen LogP contribution in [0.4, 0.5) is 4.39 Å². The van der Waals surface area contributed by atoms with Gasteiger partial charge in [0.15, 0.2) is 0 Å². The summed E-state index contributed by atoms with van der Waals surface area (Å²) in [6.45, 7) is 2.02. The van der Waals surface area contributed by atoms with Crippen LogP contribution in [0.15, 0.2) is 22.7 Å². The molecule has 1 rings (SSSR count). The summed E-state index contributed by atoms with van der Waals surface area (Å²) in [5, 5.41) is 10.4. The van der Waals surface area contributed by atoms with Gasteiger partial charge in [-0.1, -0.05) is 22.9 Å². The van der Waals surface area contributed by atoms with Crippen molar-refractivity contribution < 1.29 is 4.39 Å². The molecular weight excluding hydrogens is 277 g/mol. The van der Waals surface area contributed by atoms with E-state index in [1.54, 1.807) is 12.1 Å². The molecule has 1 atom stereocenters. The third kappa shape index (κ3) is 4.23. The number of rotatable bonds is 4. The van der Waals surface area contributed by atoms with Crippen LogP contribution in [0.1, 0.15) is 12.5 Å².